The van der Waals surface area contributed by atoms with Crippen molar-refractivity contribution in [3.05, 3.63) is 41.5 Å². The van der Waals surface area contributed by atoms with Gasteiger partial charge in [0.25, 0.3) is 0 Å². The fourth-order valence-corrected chi connectivity index (χ4v) is 3.23. The molecule has 0 aromatic heterocycles. The van der Waals surface area contributed by atoms with Crippen molar-refractivity contribution in [1.29, 1.82) is 0 Å². The van der Waals surface area contributed by atoms with Crippen molar-refractivity contribution < 1.29 is 19.3 Å². The summed E-state index contributed by atoms with van der Waals surface area (Å²) in [7, 11) is 4.88. The molecule has 0 saturated carbocycles. The largest absolute Gasteiger partial charge is 0.508 e. The summed E-state index contributed by atoms with van der Waals surface area (Å²) >= 11 is 1.66. The number of nitrogens with one attached hydrogen (secondary N) is 1. The predicted octanol–water partition coefficient (Wildman–Crippen LogP) is 3.99. The first kappa shape index (κ1) is 19.3. The second kappa shape index (κ2) is 8.87. The third kappa shape index (κ3) is 4.52. The molecule has 2 aromatic carbocycles. The van der Waals surface area contributed by atoms with E-state index in [4.69, 9.17) is 14.2 Å². The number of hydrogen-bond donors (Lipinski definition) is 2. The van der Waals surface area contributed by atoms with Crippen LogP contribution in [-0.2, 0) is 6.54 Å². The minimum atomic E-state index is -0.0436. The summed E-state index contributed by atoms with van der Waals surface area (Å²) in [4.78, 5) is 1.12. The molecular formula is C19H25NO4S. The van der Waals surface area contributed by atoms with Gasteiger partial charge in [0, 0.05) is 23.0 Å². The fourth-order valence-electron chi connectivity index (χ4n) is 2.61. The van der Waals surface area contributed by atoms with Gasteiger partial charge in [-0.1, -0.05) is 0 Å². The zero-order chi connectivity index (χ0) is 18.4. The van der Waals surface area contributed by atoms with E-state index >= 15 is 0 Å². The van der Waals surface area contributed by atoms with Gasteiger partial charge in [0.1, 0.15) is 11.5 Å². The zero-order valence-electron chi connectivity index (χ0n) is 15.3. The summed E-state index contributed by atoms with van der Waals surface area (Å²) < 4.78 is 16.0. The van der Waals surface area contributed by atoms with E-state index in [0.717, 1.165) is 21.8 Å². The Morgan fingerprint density at radius 3 is 2.32 bits per heavy atom. The number of benzene rings is 2. The van der Waals surface area contributed by atoms with Gasteiger partial charge < -0.3 is 24.6 Å². The molecule has 0 radical (unpaired) electrons. The Morgan fingerprint density at radius 1 is 1.04 bits per heavy atom. The van der Waals surface area contributed by atoms with Gasteiger partial charge in [-0.05, 0) is 49.1 Å². The molecule has 1 atom stereocenters. The molecule has 136 valence electrons. The molecule has 2 N–H and O–H groups in total. The molecule has 0 aliphatic heterocycles. The first-order chi connectivity index (χ1) is 12.0. The standard InChI is InChI=1S/C19H25NO4S/c1-12(15-9-14(22-2)6-7-16(15)21)20-11-13-8-17(23-3)18(24-4)10-19(13)25-5/h6-10,12,20-21H,11H2,1-5H3/t12-/m0/s1. The highest BCUT2D eigenvalue weighted by atomic mass is 32.2. The number of ether oxygens (including phenoxy) is 3. The maximum Gasteiger partial charge on any atom is 0.161 e. The molecule has 0 heterocycles. The van der Waals surface area contributed by atoms with Crippen LogP contribution >= 0.6 is 11.8 Å². The molecule has 0 spiro atoms. The summed E-state index contributed by atoms with van der Waals surface area (Å²) in [5, 5.41) is 13.6. The van der Waals surface area contributed by atoms with E-state index in [0.29, 0.717) is 18.0 Å². The Balaban J connectivity index is 2.20. The molecule has 2 rings (SSSR count). The number of phenolic OH excluding ortho intramolecular Hbond substituents is 1. The van der Waals surface area contributed by atoms with E-state index in [1.807, 2.05) is 31.4 Å². The number of hydrogen-bond acceptors (Lipinski definition) is 6. The monoisotopic (exact) mass is 363 g/mol. The fraction of sp³-hybridized carbons (Fsp3) is 0.368. The minimum absolute atomic E-state index is 0.0436. The van der Waals surface area contributed by atoms with Gasteiger partial charge in [-0.3, -0.25) is 0 Å². The molecule has 0 aliphatic rings. The van der Waals surface area contributed by atoms with Gasteiger partial charge in [0.15, 0.2) is 11.5 Å². The third-order valence-corrected chi connectivity index (χ3v) is 4.91. The summed E-state index contributed by atoms with van der Waals surface area (Å²) in [5.41, 5.74) is 1.91. The molecule has 0 unspecified atom stereocenters. The molecule has 0 fully saturated rings. The van der Waals surface area contributed by atoms with Crippen molar-refractivity contribution in [3.8, 4) is 23.0 Å². The normalized spacial score (nSPS) is 11.9. The van der Waals surface area contributed by atoms with Crippen molar-refractivity contribution >= 4 is 11.8 Å². The first-order valence-corrected chi connectivity index (χ1v) is 9.15. The van der Waals surface area contributed by atoms with Gasteiger partial charge in [0.2, 0.25) is 0 Å². The number of thioether (sulfide) groups is 1. The van der Waals surface area contributed by atoms with Crippen LogP contribution in [0.3, 0.4) is 0 Å². The highest BCUT2D eigenvalue weighted by Crippen LogP contribution is 2.35. The summed E-state index contributed by atoms with van der Waals surface area (Å²) in [6, 6.07) is 9.15. The van der Waals surface area contributed by atoms with Gasteiger partial charge in [0.05, 0.1) is 21.3 Å². The van der Waals surface area contributed by atoms with Crippen LogP contribution in [-0.4, -0.2) is 32.7 Å². The summed E-state index contributed by atoms with van der Waals surface area (Å²) in [6.07, 6.45) is 2.03. The lowest BCUT2D eigenvalue weighted by Gasteiger charge is -2.19. The maximum atomic E-state index is 10.1. The SMILES string of the molecule is COc1ccc(O)c([C@H](C)NCc2cc(OC)c(OC)cc2SC)c1. The van der Waals surface area contributed by atoms with Gasteiger partial charge in [-0.25, -0.2) is 0 Å². The van der Waals surface area contributed by atoms with Crippen molar-refractivity contribution in [1.82, 2.24) is 5.32 Å². The number of rotatable bonds is 8. The number of methoxy groups -OCH3 is 3. The van der Waals surface area contributed by atoms with E-state index in [-0.39, 0.29) is 11.8 Å². The van der Waals surface area contributed by atoms with Crippen LogP contribution in [0.15, 0.2) is 35.2 Å². The Morgan fingerprint density at radius 2 is 1.72 bits per heavy atom. The predicted molar refractivity (Wildman–Crippen MR) is 101 cm³/mol. The Kier molecular flexibility index (Phi) is 6.84. The van der Waals surface area contributed by atoms with E-state index in [1.165, 1.54) is 0 Å². The summed E-state index contributed by atoms with van der Waals surface area (Å²) in [5.74, 6) is 2.39. The topological polar surface area (TPSA) is 60.0 Å². The lowest BCUT2D eigenvalue weighted by atomic mass is 10.1. The van der Waals surface area contributed by atoms with Crippen LogP contribution in [0, 0.1) is 0 Å². The number of phenols is 1. The van der Waals surface area contributed by atoms with Crippen LogP contribution in [0.2, 0.25) is 0 Å². The van der Waals surface area contributed by atoms with Crippen molar-refractivity contribution in [3.63, 3.8) is 0 Å². The molecule has 2 aromatic rings. The minimum Gasteiger partial charge on any atom is -0.508 e. The van der Waals surface area contributed by atoms with E-state index < -0.39 is 0 Å². The zero-order valence-corrected chi connectivity index (χ0v) is 16.1. The van der Waals surface area contributed by atoms with E-state index in [9.17, 15) is 5.11 Å². The van der Waals surface area contributed by atoms with Crippen LogP contribution in [0.1, 0.15) is 24.1 Å². The molecule has 5 nitrogen and oxygen atoms in total. The quantitative estimate of drug-likeness (QED) is 0.692. The van der Waals surface area contributed by atoms with Gasteiger partial charge >= 0.3 is 0 Å². The Hall–Kier alpha value is -2.05. The van der Waals surface area contributed by atoms with Crippen LogP contribution < -0.4 is 19.5 Å². The van der Waals surface area contributed by atoms with E-state index in [1.54, 1.807) is 45.2 Å². The summed E-state index contributed by atoms with van der Waals surface area (Å²) in [6.45, 7) is 2.64. The molecule has 0 bridgehead atoms. The molecular weight excluding hydrogens is 338 g/mol. The van der Waals surface area contributed by atoms with E-state index in [2.05, 4.69) is 5.32 Å². The lowest BCUT2D eigenvalue weighted by molar-refractivity contribution is 0.353. The smallest absolute Gasteiger partial charge is 0.161 e. The van der Waals surface area contributed by atoms with Crippen molar-refractivity contribution in [2.75, 3.05) is 27.6 Å². The Labute approximate surface area is 153 Å². The van der Waals surface area contributed by atoms with Crippen molar-refractivity contribution in [2.24, 2.45) is 0 Å². The molecule has 0 saturated heterocycles. The Bertz CT molecular complexity index is 721. The highest BCUT2D eigenvalue weighted by Gasteiger charge is 2.14. The highest BCUT2D eigenvalue weighted by molar-refractivity contribution is 7.98. The average molecular weight is 363 g/mol. The van der Waals surface area contributed by atoms with Crippen LogP contribution in [0.4, 0.5) is 0 Å². The number of aromatic hydroxyl groups is 1. The second-order valence-electron chi connectivity index (χ2n) is 5.55. The van der Waals surface area contributed by atoms with Crippen LogP contribution in [0.5, 0.6) is 23.0 Å². The lowest BCUT2D eigenvalue weighted by Crippen LogP contribution is -2.18. The van der Waals surface area contributed by atoms with Gasteiger partial charge in [-0.2, -0.15) is 0 Å². The third-order valence-electron chi connectivity index (χ3n) is 4.09. The van der Waals surface area contributed by atoms with Crippen molar-refractivity contribution in [2.45, 2.75) is 24.4 Å². The molecule has 0 aliphatic carbocycles. The average Bonchev–Trinajstić information content (AvgIpc) is 2.65. The van der Waals surface area contributed by atoms with Crippen LogP contribution in [0.25, 0.3) is 0 Å². The maximum absolute atomic E-state index is 10.1. The van der Waals surface area contributed by atoms with Gasteiger partial charge in [-0.15, -0.1) is 11.8 Å². The second-order valence-corrected chi connectivity index (χ2v) is 6.39. The molecule has 6 heteroatoms. The first-order valence-electron chi connectivity index (χ1n) is 7.93. The molecule has 25 heavy (non-hydrogen) atoms. The molecule has 0 amide bonds.